The number of likely N-dealkylation sites (tertiary alicyclic amines) is 1. The molecule has 20 heavy (non-hydrogen) atoms. The summed E-state index contributed by atoms with van der Waals surface area (Å²) < 4.78 is 0. The molecule has 1 aromatic carbocycles. The number of nitrogens with one attached hydrogen (secondary N) is 1. The molecular formula is C17H28N2O. The van der Waals surface area contributed by atoms with Crippen LogP contribution in [0.5, 0.6) is 0 Å². The third kappa shape index (κ3) is 4.30. The highest BCUT2D eigenvalue weighted by atomic mass is 16.3. The molecule has 1 heterocycles. The van der Waals surface area contributed by atoms with Crippen molar-refractivity contribution in [3.63, 3.8) is 0 Å². The van der Waals surface area contributed by atoms with E-state index < -0.39 is 0 Å². The lowest BCUT2D eigenvalue weighted by atomic mass is 9.93. The van der Waals surface area contributed by atoms with Gasteiger partial charge in [-0.15, -0.1) is 0 Å². The molecule has 1 aliphatic heterocycles. The maximum atomic E-state index is 9.03. The second-order valence-electron chi connectivity index (χ2n) is 5.94. The average Bonchev–Trinajstić information content (AvgIpc) is 2.49. The zero-order chi connectivity index (χ0) is 14.4. The first-order chi connectivity index (χ1) is 9.72. The number of hydrogen-bond acceptors (Lipinski definition) is 3. The summed E-state index contributed by atoms with van der Waals surface area (Å²) >= 11 is 0. The molecule has 0 saturated carbocycles. The van der Waals surface area contributed by atoms with E-state index in [0.717, 1.165) is 24.4 Å². The SMILES string of the molecule is CCN1CCC(NCCc2ccc(CO)cc2)C(C)C1. The Labute approximate surface area is 123 Å². The summed E-state index contributed by atoms with van der Waals surface area (Å²) in [6.45, 7) is 9.40. The summed E-state index contributed by atoms with van der Waals surface area (Å²) in [5, 5.41) is 12.7. The minimum absolute atomic E-state index is 0.131. The van der Waals surface area contributed by atoms with Crippen molar-refractivity contribution in [1.29, 1.82) is 0 Å². The number of rotatable bonds is 6. The van der Waals surface area contributed by atoms with Gasteiger partial charge >= 0.3 is 0 Å². The Hall–Kier alpha value is -0.900. The Balaban J connectivity index is 1.72. The molecule has 1 saturated heterocycles. The molecule has 1 aliphatic rings. The summed E-state index contributed by atoms with van der Waals surface area (Å²) in [5.74, 6) is 0.737. The molecule has 0 bridgehead atoms. The van der Waals surface area contributed by atoms with Gasteiger partial charge in [-0.1, -0.05) is 38.1 Å². The van der Waals surface area contributed by atoms with Crippen LogP contribution in [0.4, 0.5) is 0 Å². The first kappa shape index (κ1) is 15.5. The number of aliphatic hydroxyl groups excluding tert-OH is 1. The second kappa shape index (κ2) is 7.77. The van der Waals surface area contributed by atoms with Crippen molar-refractivity contribution in [3.05, 3.63) is 35.4 Å². The molecule has 0 aliphatic carbocycles. The molecule has 0 spiro atoms. The van der Waals surface area contributed by atoms with E-state index in [-0.39, 0.29) is 6.61 Å². The van der Waals surface area contributed by atoms with E-state index in [1.165, 1.54) is 31.6 Å². The van der Waals surface area contributed by atoms with Crippen LogP contribution in [0.15, 0.2) is 24.3 Å². The van der Waals surface area contributed by atoms with Gasteiger partial charge in [-0.3, -0.25) is 0 Å². The van der Waals surface area contributed by atoms with E-state index in [0.29, 0.717) is 6.04 Å². The lowest BCUT2D eigenvalue weighted by Crippen LogP contribution is -2.48. The zero-order valence-corrected chi connectivity index (χ0v) is 12.8. The Morgan fingerprint density at radius 3 is 2.55 bits per heavy atom. The predicted molar refractivity (Wildman–Crippen MR) is 83.8 cm³/mol. The van der Waals surface area contributed by atoms with Crippen molar-refractivity contribution < 1.29 is 5.11 Å². The van der Waals surface area contributed by atoms with Crippen LogP contribution in [0, 0.1) is 5.92 Å². The molecule has 2 unspecified atom stereocenters. The van der Waals surface area contributed by atoms with Gasteiger partial charge in [0.25, 0.3) is 0 Å². The fourth-order valence-corrected chi connectivity index (χ4v) is 3.04. The van der Waals surface area contributed by atoms with E-state index in [9.17, 15) is 0 Å². The summed E-state index contributed by atoms with van der Waals surface area (Å²) in [7, 11) is 0. The third-order valence-corrected chi connectivity index (χ3v) is 4.46. The maximum absolute atomic E-state index is 9.03. The Morgan fingerprint density at radius 1 is 1.25 bits per heavy atom. The van der Waals surface area contributed by atoms with Gasteiger partial charge in [0.15, 0.2) is 0 Å². The maximum Gasteiger partial charge on any atom is 0.0681 e. The monoisotopic (exact) mass is 276 g/mol. The van der Waals surface area contributed by atoms with E-state index in [2.05, 4.69) is 36.2 Å². The first-order valence-corrected chi connectivity index (χ1v) is 7.87. The lowest BCUT2D eigenvalue weighted by Gasteiger charge is -2.37. The van der Waals surface area contributed by atoms with Crippen molar-refractivity contribution in [1.82, 2.24) is 10.2 Å². The molecule has 3 heteroatoms. The second-order valence-corrected chi connectivity index (χ2v) is 5.94. The summed E-state index contributed by atoms with van der Waals surface area (Å²) in [4.78, 5) is 2.54. The van der Waals surface area contributed by atoms with E-state index in [1.807, 2.05) is 12.1 Å². The molecule has 3 nitrogen and oxygen atoms in total. The van der Waals surface area contributed by atoms with Crippen LogP contribution in [0.25, 0.3) is 0 Å². The highest BCUT2D eigenvalue weighted by Crippen LogP contribution is 2.16. The fourth-order valence-electron chi connectivity index (χ4n) is 3.04. The van der Waals surface area contributed by atoms with Crippen LogP contribution in [-0.4, -0.2) is 42.2 Å². The Bertz CT molecular complexity index is 390. The topological polar surface area (TPSA) is 35.5 Å². The molecule has 112 valence electrons. The molecular weight excluding hydrogens is 248 g/mol. The van der Waals surface area contributed by atoms with Crippen LogP contribution in [0.1, 0.15) is 31.4 Å². The molecule has 2 rings (SSSR count). The number of piperidine rings is 1. The summed E-state index contributed by atoms with van der Waals surface area (Å²) in [6.07, 6.45) is 2.32. The van der Waals surface area contributed by atoms with Crippen LogP contribution in [0.3, 0.4) is 0 Å². The quantitative estimate of drug-likeness (QED) is 0.834. The largest absolute Gasteiger partial charge is 0.392 e. The minimum Gasteiger partial charge on any atom is -0.392 e. The predicted octanol–water partition coefficient (Wildman–Crippen LogP) is 2.04. The smallest absolute Gasteiger partial charge is 0.0681 e. The molecule has 0 radical (unpaired) electrons. The molecule has 0 amide bonds. The minimum atomic E-state index is 0.131. The third-order valence-electron chi connectivity index (χ3n) is 4.46. The van der Waals surface area contributed by atoms with Crippen LogP contribution in [-0.2, 0) is 13.0 Å². The normalized spacial score (nSPS) is 23.9. The van der Waals surface area contributed by atoms with Gasteiger partial charge in [-0.2, -0.15) is 0 Å². The molecule has 1 aromatic rings. The standard InChI is InChI=1S/C17H28N2O/c1-3-19-11-9-17(14(2)12-19)18-10-8-15-4-6-16(13-20)7-5-15/h4-7,14,17-18,20H,3,8-13H2,1-2H3. The molecule has 2 N–H and O–H groups in total. The highest BCUT2D eigenvalue weighted by molar-refractivity contribution is 5.22. The van der Waals surface area contributed by atoms with Crippen LogP contribution < -0.4 is 5.32 Å². The van der Waals surface area contributed by atoms with Gasteiger partial charge in [-0.05, 0) is 49.5 Å². The number of benzene rings is 1. The summed E-state index contributed by atoms with van der Waals surface area (Å²) in [5.41, 5.74) is 2.33. The van der Waals surface area contributed by atoms with Crippen LogP contribution in [0.2, 0.25) is 0 Å². The van der Waals surface area contributed by atoms with Gasteiger partial charge < -0.3 is 15.3 Å². The fraction of sp³-hybridized carbons (Fsp3) is 0.647. The Morgan fingerprint density at radius 2 is 1.95 bits per heavy atom. The molecule has 2 atom stereocenters. The Kier molecular flexibility index (Phi) is 6.02. The highest BCUT2D eigenvalue weighted by Gasteiger charge is 2.24. The van der Waals surface area contributed by atoms with Gasteiger partial charge in [0, 0.05) is 12.6 Å². The number of nitrogens with zero attached hydrogens (tertiary/aromatic N) is 1. The molecule has 1 fully saturated rings. The van der Waals surface area contributed by atoms with Crippen molar-refractivity contribution in [2.75, 3.05) is 26.2 Å². The van der Waals surface area contributed by atoms with E-state index in [4.69, 9.17) is 5.11 Å². The van der Waals surface area contributed by atoms with Crippen molar-refractivity contribution in [3.8, 4) is 0 Å². The van der Waals surface area contributed by atoms with Crippen LogP contribution >= 0.6 is 0 Å². The van der Waals surface area contributed by atoms with Gasteiger partial charge in [0.1, 0.15) is 0 Å². The summed E-state index contributed by atoms with van der Waals surface area (Å²) in [6, 6.07) is 8.93. The lowest BCUT2D eigenvalue weighted by molar-refractivity contribution is 0.154. The van der Waals surface area contributed by atoms with Crippen molar-refractivity contribution in [2.24, 2.45) is 5.92 Å². The van der Waals surface area contributed by atoms with Gasteiger partial charge in [-0.25, -0.2) is 0 Å². The van der Waals surface area contributed by atoms with Gasteiger partial charge in [0.05, 0.1) is 6.61 Å². The average molecular weight is 276 g/mol. The zero-order valence-electron chi connectivity index (χ0n) is 12.8. The van der Waals surface area contributed by atoms with Crippen molar-refractivity contribution in [2.45, 2.75) is 39.3 Å². The first-order valence-electron chi connectivity index (χ1n) is 7.87. The number of hydrogen-bond donors (Lipinski definition) is 2. The van der Waals surface area contributed by atoms with E-state index >= 15 is 0 Å². The van der Waals surface area contributed by atoms with Crippen molar-refractivity contribution >= 4 is 0 Å². The van der Waals surface area contributed by atoms with E-state index in [1.54, 1.807) is 0 Å². The van der Waals surface area contributed by atoms with Gasteiger partial charge in [0.2, 0.25) is 0 Å². The number of aliphatic hydroxyl groups is 1. The molecule has 0 aromatic heterocycles.